The van der Waals surface area contributed by atoms with E-state index in [2.05, 4.69) is 27.1 Å². The minimum Gasteiger partial charge on any atom is -0.370 e. The van der Waals surface area contributed by atoms with E-state index in [1.54, 1.807) is 0 Å². The Bertz CT molecular complexity index is 961. The molecule has 1 aliphatic rings. The van der Waals surface area contributed by atoms with Crippen LogP contribution in [0.15, 0.2) is 66.7 Å². The van der Waals surface area contributed by atoms with Crippen LogP contribution in [0.5, 0.6) is 0 Å². The fourth-order valence-electron chi connectivity index (χ4n) is 4.09. The topological polar surface area (TPSA) is 61.4 Å². The predicted octanol–water partition coefficient (Wildman–Crippen LogP) is 3.70. The molecule has 0 unspecified atom stereocenters. The van der Waals surface area contributed by atoms with Crippen molar-refractivity contribution in [1.82, 2.24) is 14.9 Å². The standard InChI is InChI=1S/C25H29N5O/c1-3-26-22-18-23(28-19(2)27-22)29-14-16-30(17-15-29)25(31)24(20-10-6-4-7-11-20)21-12-8-5-9-13-21/h4-13,18,24H,3,14-17H2,1-2H3,(H,26,27,28). The van der Waals surface area contributed by atoms with Gasteiger partial charge in [0.05, 0.1) is 5.92 Å². The molecule has 1 fully saturated rings. The van der Waals surface area contributed by atoms with Crippen molar-refractivity contribution in [3.05, 3.63) is 83.7 Å². The highest BCUT2D eigenvalue weighted by Crippen LogP contribution is 2.28. The lowest BCUT2D eigenvalue weighted by Crippen LogP contribution is -2.50. The van der Waals surface area contributed by atoms with Gasteiger partial charge in [-0.3, -0.25) is 4.79 Å². The van der Waals surface area contributed by atoms with Crippen molar-refractivity contribution in [3.8, 4) is 0 Å². The summed E-state index contributed by atoms with van der Waals surface area (Å²) in [5.74, 6) is 2.38. The molecule has 1 amide bonds. The van der Waals surface area contributed by atoms with Gasteiger partial charge in [0.2, 0.25) is 5.91 Å². The smallest absolute Gasteiger partial charge is 0.234 e. The van der Waals surface area contributed by atoms with Gasteiger partial charge in [-0.25, -0.2) is 9.97 Å². The molecule has 1 saturated heterocycles. The van der Waals surface area contributed by atoms with Crippen molar-refractivity contribution in [3.63, 3.8) is 0 Å². The van der Waals surface area contributed by atoms with Crippen LogP contribution < -0.4 is 10.2 Å². The summed E-state index contributed by atoms with van der Waals surface area (Å²) in [5.41, 5.74) is 2.06. The van der Waals surface area contributed by atoms with E-state index < -0.39 is 0 Å². The molecule has 6 nitrogen and oxygen atoms in total. The Morgan fingerprint density at radius 1 is 0.935 bits per heavy atom. The number of anilines is 2. The Balaban J connectivity index is 1.50. The summed E-state index contributed by atoms with van der Waals surface area (Å²) in [6.07, 6.45) is 0. The number of nitrogens with zero attached hydrogens (tertiary/aromatic N) is 4. The number of aryl methyl sites for hydroxylation is 1. The van der Waals surface area contributed by atoms with Gasteiger partial charge in [-0.1, -0.05) is 60.7 Å². The Hall–Kier alpha value is -3.41. The number of rotatable bonds is 6. The second-order valence-corrected chi connectivity index (χ2v) is 7.76. The fourth-order valence-corrected chi connectivity index (χ4v) is 4.09. The minimum absolute atomic E-state index is 0.157. The molecule has 3 aromatic rings. The van der Waals surface area contributed by atoms with E-state index in [0.717, 1.165) is 48.2 Å². The lowest BCUT2D eigenvalue weighted by molar-refractivity contribution is -0.132. The van der Waals surface area contributed by atoms with Crippen LogP contribution in [0, 0.1) is 6.92 Å². The third kappa shape index (κ3) is 4.85. The second kappa shape index (κ2) is 9.60. The minimum atomic E-state index is -0.282. The Morgan fingerprint density at radius 2 is 1.52 bits per heavy atom. The molecule has 6 heteroatoms. The molecule has 0 spiro atoms. The van der Waals surface area contributed by atoms with Gasteiger partial charge >= 0.3 is 0 Å². The van der Waals surface area contributed by atoms with Crippen LogP contribution in [0.1, 0.15) is 29.8 Å². The van der Waals surface area contributed by atoms with Gasteiger partial charge in [0.1, 0.15) is 17.5 Å². The Kier molecular flexibility index (Phi) is 6.46. The predicted molar refractivity (Wildman–Crippen MR) is 124 cm³/mol. The van der Waals surface area contributed by atoms with Crippen LogP contribution in [0.3, 0.4) is 0 Å². The summed E-state index contributed by atoms with van der Waals surface area (Å²) in [5, 5.41) is 3.26. The largest absolute Gasteiger partial charge is 0.370 e. The van der Waals surface area contributed by atoms with Gasteiger partial charge in [0, 0.05) is 38.8 Å². The highest BCUT2D eigenvalue weighted by atomic mass is 16.2. The molecule has 1 aromatic heterocycles. The van der Waals surface area contributed by atoms with Crippen LogP contribution >= 0.6 is 0 Å². The fraction of sp³-hybridized carbons (Fsp3) is 0.320. The number of carbonyl (C=O) groups excluding carboxylic acids is 1. The summed E-state index contributed by atoms with van der Waals surface area (Å²) in [4.78, 5) is 26.9. The zero-order valence-electron chi connectivity index (χ0n) is 18.2. The zero-order valence-corrected chi connectivity index (χ0v) is 18.2. The maximum atomic E-state index is 13.6. The number of piperazine rings is 1. The maximum absolute atomic E-state index is 13.6. The molecule has 2 heterocycles. The van der Waals surface area contributed by atoms with Gasteiger partial charge in [-0.15, -0.1) is 0 Å². The normalized spacial score (nSPS) is 14.0. The molecule has 4 rings (SSSR count). The van der Waals surface area contributed by atoms with Gasteiger partial charge in [0.15, 0.2) is 0 Å². The van der Waals surface area contributed by atoms with Crippen molar-refractivity contribution < 1.29 is 4.79 Å². The number of benzene rings is 2. The van der Waals surface area contributed by atoms with Gasteiger partial charge in [-0.05, 0) is 25.0 Å². The van der Waals surface area contributed by atoms with E-state index in [9.17, 15) is 4.79 Å². The van der Waals surface area contributed by atoms with Gasteiger partial charge in [0.25, 0.3) is 0 Å². The lowest BCUT2D eigenvalue weighted by atomic mass is 9.90. The Labute approximate surface area is 183 Å². The number of nitrogens with one attached hydrogen (secondary N) is 1. The molecule has 0 radical (unpaired) electrons. The van der Waals surface area contributed by atoms with E-state index in [4.69, 9.17) is 0 Å². The monoisotopic (exact) mass is 415 g/mol. The quantitative estimate of drug-likeness (QED) is 0.665. The summed E-state index contributed by atoms with van der Waals surface area (Å²) < 4.78 is 0. The average Bonchev–Trinajstić information content (AvgIpc) is 2.80. The molecule has 0 saturated carbocycles. The number of aromatic nitrogens is 2. The van der Waals surface area contributed by atoms with Crippen molar-refractivity contribution in [1.29, 1.82) is 0 Å². The van der Waals surface area contributed by atoms with E-state index >= 15 is 0 Å². The highest BCUT2D eigenvalue weighted by molar-refractivity contribution is 5.87. The number of hydrogen-bond acceptors (Lipinski definition) is 5. The van der Waals surface area contributed by atoms with Crippen molar-refractivity contribution in [2.24, 2.45) is 0 Å². The van der Waals surface area contributed by atoms with E-state index in [1.165, 1.54) is 0 Å². The van der Waals surface area contributed by atoms with Crippen LogP contribution in [0.4, 0.5) is 11.6 Å². The number of amides is 1. The summed E-state index contributed by atoms with van der Waals surface area (Å²) in [7, 11) is 0. The summed E-state index contributed by atoms with van der Waals surface area (Å²) in [6.45, 7) is 7.64. The number of carbonyl (C=O) groups is 1. The first kappa shape index (κ1) is 20.8. The average molecular weight is 416 g/mol. The first-order valence-corrected chi connectivity index (χ1v) is 10.9. The van der Waals surface area contributed by atoms with Gasteiger partial charge in [-0.2, -0.15) is 0 Å². The zero-order chi connectivity index (χ0) is 21.6. The lowest BCUT2D eigenvalue weighted by Gasteiger charge is -2.37. The molecule has 31 heavy (non-hydrogen) atoms. The van der Waals surface area contributed by atoms with E-state index in [-0.39, 0.29) is 11.8 Å². The Morgan fingerprint density at radius 3 is 2.06 bits per heavy atom. The SMILES string of the molecule is CCNc1cc(N2CCN(C(=O)C(c3ccccc3)c3ccccc3)CC2)nc(C)n1. The third-order valence-electron chi connectivity index (χ3n) is 5.61. The molecule has 1 N–H and O–H groups in total. The van der Waals surface area contributed by atoms with Crippen molar-refractivity contribution in [2.45, 2.75) is 19.8 Å². The molecule has 1 aliphatic heterocycles. The first-order chi connectivity index (χ1) is 15.2. The summed E-state index contributed by atoms with van der Waals surface area (Å²) >= 11 is 0. The van der Waals surface area contributed by atoms with E-state index in [1.807, 2.05) is 78.6 Å². The van der Waals surface area contributed by atoms with Crippen molar-refractivity contribution >= 4 is 17.5 Å². The molecule has 2 aromatic carbocycles. The maximum Gasteiger partial charge on any atom is 0.234 e. The second-order valence-electron chi connectivity index (χ2n) is 7.76. The third-order valence-corrected chi connectivity index (χ3v) is 5.61. The number of hydrogen-bond donors (Lipinski definition) is 1. The van der Waals surface area contributed by atoms with Gasteiger partial charge < -0.3 is 15.1 Å². The molecular weight excluding hydrogens is 386 g/mol. The van der Waals surface area contributed by atoms with Crippen LogP contribution in [-0.4, -0.2) is 53.5 Å². The van der Waals surface area contributed by atoms with Crippen LogP contribution in [0.25, 0.3) is 0 Å². The molecular formula is C25H29N5O. The van der Waals surface area contributed by atoms with E-state index in [0.29, 0.717) is 13.1 Å². The molecule has 0 aliphatic carbocycles. The molecule has 160 valence electrons. The van der Waals surface area contributed by atoms with Crippen LogP contribution in [0.2, 0.25) is 0 Å². The van der Waals surface area contributed by atoms with Crippen molar-refractivity contribution in [2.75, 3.05) is 42.9 Å². The highest BCUT2D eigenvalue weighted by Gasteiger charge is 2.30. The van der Waals surface area contributed by atoms with Crippen LogP contribution in [-0.2, 0) is 4.79 Å². The molecule has 0 atom stereocenters. The summed E-state index contributed by atoms with van der Waals surface area (Å²) in [6, 6.07) is 22.1. The molecule has 0 bridgehead atoms. The first-order valence-electron chi connectivity index (χ1n) is 10.9.